The summed E-state index contributed by atoms with van der Waals surface area (Å²) >= 11 is 0. The van der Waals surface area contributed by atoms with Crippen LogP contribution in [0.1, 0.15) is 69.6 Å². The fourth-order valence-electron chi connectivity index (χ4n) is 4.41. The number of rotatable bonds is 13. The van der Waals surface area contributed by atoms with Gasteiger partial charge in [0.05, 0.1) is 0 Å². The summed E-state index contributed by atoms with van der Waals surface area (Å²) in [6.45, 7) is 8.85. The van der Waals surface area contributed by atoms with E-state index < -0.39 is 0 Å². The van der Waals surface area contributed by atoms with Crippen molar-refractivity contribution in [2.45, 2.75) is 78.3 Å². The number of aryl methyl sites for hydroxylation is 2. The average Bonchev–Trinajstić information content (AvgIpc) is 3.27. The number of unbranched alkanes of at least 4 members (excludes halogenated alkanes) is 3. The molecule has 168 valence electrons. The summed E-state index contributed by atoms with van der Waals surface area (Å²) in [5, 5.41) is 5.02. The van der Waals surface area contributed by atoms with E-state index in [1.54, 1.807) is 0 Å². The third kappa shape index (κ3) is 6.61. The Morgan fingerprint density at radius 2 is 1.84 bits per heavy atom. The fourth-order valence-corrected chi connectivity index (χ4v) is 4.41. The molecule has 0 bridgehead atoms. The van der Waals surface area contributed by atoms with Crippen LogP contribution in [0, 0.1) is 0 Å². The molecule has 31 heavy (non-hydrogen) atoms. The van der Waals surface area contributed by atoms with E-state index in [1.807, 2.05) is 6.20 Å². The van der Waals surface area contributed by atoms with Gasteiger partial charge in [0.2, 0.25) is 0 Å². The van der Waals surface area contributed by atoms with Gasteiger partial charge in [-0.25, -0.2) is 0 Å². The molecular formula is C28H41N3. The average molecular weight is 420 g/mol. The van der Waals surface area contributed by atoms with E-state index in [-0.39, 0.29) is 0 Å². The molecule has 0 spiro atoms. The number of hydrogen-bond donors (Lipinski definition) is 2. The number of hydrogen-bond acceptors (Lipinski definition) is 2. The highest BCUT2D eigenvalue weighted by Gasteiger charge is 2.12. The van der Waals surface area contributed by atoms with Crippen molar-refractivity contribution in [3.05, 3.63) is 65.4 Å². The van der Waals surface area contributed by atoms with Crippen molar-refractivity contribution in [3.63, 3.8) is 0 Å². The van der Waals surface area contributed by atoms with Crippen LogP contribution in [-0.2, 0) is 19.4 Å². The zero-order valence-corrected chi connectivity index (χ0v) is 20.0. The lowest BCUT2D eigenvalue weighted by Gasteiger charge is -2.25. The maximum atomic E-state index is 3.68. The third-order valence-electron chi connectivity index (χ3n) is 6.64. The number of aromatic nitrogens is 1. The predicted molar refractivity (Wildman–Crippen MR) is 136 cm³/mol. The topological polar surface area (TPSA) is 31.1 Å². The normalized spacial score (nSPS) is 12.5. The van der Waals surface area contributed by atoms with E-state index in [9.17, 15) is 0 Å². The number of H-pyrrole nitrogens is 1. The van der Waals surface area contributed by atoms with Crippen molar-refractivity contribution < 1.29 is 0 Å². The first-order valence-corrected chi connectivity index (χ1v) is 12.2. The smallest absolute Gasteiger partial charge is 0.0457 e. The van der Waals surface area contributed by atoms with Crippen LogP contribution in [0.4, 0.5) is 5.69 Å². The Labute approximate surface area is 189 Å². The molecule has 0 aliphatic carbocycles. The molecule has 1 unspecified atom stereocenters. The zero-order valence-electron chi connectivity index (χ0n) is 20.0. The van der Waals surface area contributed by atoms with E-state index in [0.717, 1.165) is 25.9 Å². The molecule has 1 aromatic heterocycles. The molecule has 0 aliphatic rings. The van der Waals surface area contributed by atoms with Crippen LogP contribution in [0.5, 0.6) is 0 Å². The Morgan fingerprint density at radius 1 is 0.968 bits per heavy atom. The van der Waals surface area contributed by atoms with Crippen molar-refractivity contribution in [3.8, 4) is 0 Å². The van der Waals surface area contributed by atoms with Crippen LogP contribution in [-0.4, -0.2) is 29.5 Å². The van der Waals surface area contributed by atoms with E-state index in [2.05, 4.69) is 85.5 Å². The van der Waals surface area contributed by atoms with E-state index in [0.29, 0.717) is 6.04 Å². The molecule has 1 heterocycles. The van der Waals surface area contributed by atoms with E-state index >= 15 is 0 Å². The van der Waals surface area contributed by atoms with E-state index in [4.69, 9.17) is 0 Å². The first-order valence-electron chi connectivity index (χ1n) is 12.2. The number of fused-ring (bicyclic) bond motifs is 1. The minimum Gasteiger partial charge on any atom is -0.385 e. The van der Waals surface area contributed by atoms with Crippen LogP contribution in [0.25, 0.3) is 10.9 Å². The van der Waals surface area contributed by atoms with Crippen molar-refractivity contribution in [1.29, 1.82) is 0 Å². The maximum absolute atomic E-state index is 3.68. The minimum atomic E-state index is 0.519. The Kier molecular flexibility index (Phi) is 9.02. The number of nitrogens with zero attached hydrogens (tertiary/aromatic N) is 1. The summed E-state index contributed by atoms with van der Waals surface area (Å²) in [4.78, 5) is 5.78. The molecule has 1 atom stereocenters. The Morgan fingerprint density at radius 3 is 2.65 bits per heavy atom. The monoisotopic (exact) mass is 419 g/mol. The van der Waals surface area contributed by atoms with Gasteiger partial charge in [-0.2, -0.15) is 0 Å². The SMILES string of the molecule is CCCCCCc1cc(NCCC(C)N(C)Cc2cccc3[nH]ccc23)ccc1CC. The molecule has 2 aromatic carbocycles. The molecule has 2 N–H and O–H groups in total. The van der Waals surface area contributed by atoms with Gasteiger partial charge in [-0.3, -0.25) is 4.90 Å². The first kappa shape index (κ1) is 23.4. The summed E-state index contributed by atoms with van der Waals surface area (Å²) in [5.74, 6) is 0. The van der Waals surface area contributed by atoms with Gasteiger partial charge in [0, 0.05) is 41.9 Å². The van der Waals surface area contributed by atoms with Crippen LogP contribution in [0.3, 0.4) is 0 Å². The maximum Gasteiger partial charge on any atom is 0.0457 e. The van der Waals surface area contributed by atoms with Gasteiger partial charge in [0.1, 0.15) is 0 Å². The van der Waals surface area contributed by atoms with Crippen molar-refractivity contribution in [2.75, 3.05) is 18.9 Å². The number of anilines is 1. The fraction of sp³-hybridized carbons (Fsp3) is 0.500. The number of aromatic amines is 1. The molecule has 3 nitrogen and oxygen atoms in total. The van der Waals surface area contributed by atoms with Crippen LogP contribution < -0.4 is 5.32 Å². The van der Waals surface area contributed by atoms with Crippen LogP contribution in [0.2, 0.25) is 0 Å². The quantitative estimate of drug-likeness (QED) is 0.288. The van der Waals surface area contributed by atoms with Gasteiger partial charge in [-0.1, -0.05) is 51.3 Å². The second-order valence-electron chi connectivity index (χ2n) is 8.98. The summed E-state index contributed by atoms with van der Waals surface area (Å²) in [6.07, 6.45) is 10.8. The summed E-state index contributed by atoms with van der Waals surface area (Å²) in [6, 6.07) is 16.2. The van der Waals surface area contributed by atoms with Gasteiger partial charge >= 0.3 is 0 Å². The molecule has 0 fully saturated rings. The minimum absolute atomic E-state index is 0.519. The lowest BCUT2D eigenvalue weighted by molar-refractivity contribution is 0.242. The standard InChI is InChI=1S/C28H41N3/c1-5-7-8-9-11-24-20-26(15-14-23(24)6-2)29-18-16-22(3)31(4)21-25-12-10-13-28-27(25)17-19-30-28/h10,12-15,17,19-20,22,29-30H,5-9,11,16,18,21H2,1-4H3. The number of benzene rings is 2. The summed E-state index contributed by atoms with van der Waals surface area (Å²) in [7, 11) is 2.24. The summed E-state index contributed by atoms with van der Waals surface area (Å²) < 4.78 is 0. The molecule has 0 saturated heterocycles. The zero-order chi connectivity index (χ0) is 22.1. The number of nitrogens with one attached hydrogen (secondary N) is 2. The second kappa shape index (κ2) is 12.0. The third-order valence-corrected chi connectivity index (χ3v) is 6.64. The van der Waals surface area contributed by atoms with Crippen LogP contribution in [0.15, 0.2) is 48.7 Å². The summed E-state index contributed by atoms with van der Waals surface area (Å²) in [5.41, 5.74) is 6.93. The molecule has 3 rings (SSSR count). The predicted octanol–water partition coefficient (Wildman–Crippen LogP) is 7.18. The van der Waals surface area contributed by atoms with Gasteiger partial charge in [0.15, 0.2) is 0 Å². The lowest BCUT2D eigenvalue weighted by Crippen LogP contribution is -2.30. The molecular weight excluding hydrogens is 378 g/mol. The molecule has 0 amide bonds. The van der Waals surface area contributed by atoms with Gasteiger partial charge in [-0.15, -0.1) is 0 Å². The molecule has 0 radical (unpaired) electrons. The van der Waals surface area contributed by atoms with E-state index in [1.165, 1.54) is 65.4 Å². The Bertz CT molecular complexity index is 927. The molecule has 3 heteroatoms. The largest absolute Gasteiger partial charge is 0.385 e. The highest BCUT2D eigenvalue weighted by atomic mass is 15.1. The molecule has 3 aromatic rings. The van der Waals surface area contributed by atoms with Gasteiger partial charge < -0.3 is 10.3 Å². The van der Waals surface area contributed by atoms with Crippen molar-refractivity contribution in [2.24, 2.45) is 0 Å². The van der Waals surface area contributed by atoms with Gasteiger partial charge in [0.25, 0.3) is 0 Å². The highest BCUT2D eigenvalue weighted by molar-refractivity contribution is 5.82. The molecule has 0 aliphatic heterocycles. The lowest BCUT2D eigenvalue weighted by atomic mass is 9.98. The first-order chi connectivity index (χ1) is 15.1. The van der Waals surface area contributed by atoms with Crippen molar-refractivity contribution >= 4 is 16.6 Å². The Balaban J connectivity index is 1.50. The highest BCUT2D eigenvalue weighted by Crippen LogP contribution is 2.21. The van der Waals surface area contributed by atoms with Gasteiger partial charge in [-0.05, 0) is 80.6 Å². The van der Waals surface area contributed by atoms with Crippen molar-refractivity contribution in [1.82, 2.24) is 9.88 Å². The molecule has 0 saturated carbocycles. The Hall–Kier alpha value is -2.26. The van der Waals surface area contributed by atoms with Crippen LogP contribution >= 0.6 is 0 Å². The second-order valence-corrected chi connectivity index (χ2v) is 8.98.